The molecule has 4 rings (SSSR count). The monoisotopic (exact) mass is 395 g/mol. The molecule has 154 valence electrons. The Balaban J connectivity index is 1.50. The minimum Gasteiger partial charge on any atom is -0.385 e. The average Bonchev–Trinajstić information content (AvgIpc) is 2.77. The molecular formula is C23H29N3O3. The molecule has 1 saturated heterocycles. The first kappa shape index (κ1) is 20.0. The predicted octanol–water partition coefficient (Wildman–Crippen LogP) is 2.29. The van der Waals surface area contributed by atoms with Gasteiger partial charge in [0.2, 0.25) is 0 Å². The summed E-state index contributed by atoms with van der Waals surface area (Å²) in [4.78, 5) is 14.0. The Morgan fingerprint density at radius 3 is 2.79 bits per heavy atom. The Kier molecular flexibility index (Phi) is 5.96. The Labute approximate surface area is 171 Å². The van der Waals surface area contributed by atoms with Crippen molar-refractivity contribution in [2.75, 3.05) is 25.6 Å². The van der Waals surface area contributed by atoms with Crippen molar-refractivity contribution in [2.24, 2.45) is 0 Å². The smallest absolute Gasteiger partial charge is 0.258 e. The number of aliphatic hydroxyl groups is 1. The summed E-state index contributed by atoms with van der Waals surface area (Å²) in [6.07, 6.45) is 0.471. The summed E-state index contributed by atoms with van der Waals surface area (Å²) in [6.45, 7) is 1.73. The number of piperidine rings is 1. The van der Waals surface area contributed by atoms with Crippen molar-refractivity contribution in [3.8, 4) is 0 Å². The molecule has 1 amide bonds. The molecule has 2 heterocycles. The van der Waals surface area contributed by atoms with E-state index in [1.807, 2.05) is 24.3 Å². The van der Waals surface area contributed by atoms with Crippen LogP contribution in [0.2, 0.25) is 0 Å². The zero-order chi connectivity index (χ0) is 20.4. The Morgan fingerprint density at radius 2 is 2.03 bits per heavy atom. The van der Waals surface area contributed by atoms with Crippen molar-refractivity contribution in [1.29, 1.82) is 0 Å². The molecule has 1 fully saturated rings. The summed E-state index contributed by atoms with van der Waals surface area (Å²) < 4.78 is 5.19. The molecule has 0 aliphatic carbocycles. The molecule has 29 heavy (non-hydrogen) atoms. The molecule has 0 bridgehead atoms. The van der Waals surface area contributed by atoms with Crippen LogP contribution in [0, 0.1) is 0 Å². The quantitative estimate of drug-likeness (QED) is 0.725. The van der Waals surface area contributed by atoms with Crippen LogP contribution in [0.15, 0.2) is 48.5 Å². The number of carbonyl (C=O) groups is 1. The fourth-order valence-electron chi connectivity index (χ4n) is 4.45. The van der Waals surface area contributed by atoms with Crippen LogP contribution in [-0.4, -0.2) is 43.9 Å². The first-order chi connectivity index (χ1) is 14.1. The molecule has 2 aliphatic heterocycles. The van der Waals surface area contributed by atoms with E-state index in [9.17, 15) is 9.90 Å². The van der Waals surface area contributed by atoms with Crippen molar-refractivity contribution in [3.05, 3.63) is 65.2 Å². The Morgan fingerprint density at radius 1 is 1.24 bits per heavy atom. The number of likely N-dealkylation sites (N-methyl/N-ethyl adjacent to an activating group) is 1. The molecule has 2 aliphatic rings. The van der Waals surface area contributed by atoms with E-state index in [2.05, 4.69) is 34.9 Å². The van der Waals surface area contributed by atoms with Crippen LogP contribution in [-0.2, 0) is 16.1 Å². The van der Waals surface area contributed by atoms with E-state index in [-0.39, 0.29) is 11.9 Å². The molecule has 0 spiro atoms. The summed E-state index contributed by atoms with van der Waals surface area (Å²) in [5, 5.41) is 17.8. The van der Waals surface area contributed by atoms with E-state index in [1.165, 1.54) is 12.7 Å². The third kappa shape index (κ3) is 3.94. The van der Waals surface area contributed by atoms with Gasteiger partial charge in [0.25, 0.3) is 5.91 Å². The summed E-state index contributed by atoms with van der Waals surface area (Å²) in [5.41, 5.74) is 3.86. The first-order valence-electron chi connectivity index (χ1n) is 10.2. The zero-order valence-corrected chi connectivity index (χ0v) is 17.0. The average molecular weight is 396 g/mol. The molecule has 2 aromatic rings. The lowest BCUT2D eigenvalue weighted by Gasteiger charge is -2.35. The number of amides is 1. The Hall–Kier alpha value is -2.25. The van der Waals surface area contributed by atoms with Gasteiger partial charge >= 0.3 is 0 Å². The highest BCUT2D eigenvalue weighted by molar-refractivity contribution is 5.99. The zero-order valence-electron chi connectivity index (χ0n) is 17.0. The maximum Gasteiger partial charge on any atom is 0.258 e. The summed E-state index contributed by atoms with van der Waals surface area (Å²) in [5.74, 6) is -0.224. The van der Waals surface area contributed by atoms with E-state index >= 15 is 0 Å². The summed E-state index contributed by atoms with van der Waals surface area (Å²) in [6, 6.07) is 17.1. The topological polar surface area (TPSA) is 73.8 Å². The molecular weight excluding hydrogens is 366 g/mol. The third-order valence-electron chi connectivity index (χ3n) is 6.08. The van der Waals surface area contributed by atoms with Crippen molar-refractivity contribution in [1.82, 2.24) is 10.6 Å². The van der Waals surface area contributed by atoms with Gasteiger partial charge in [0.1, 0.15) is 6.10 Å². The molecule has 6 nitrogen and oxygen atoms in total. The standard InChI is InChI=1S/C23H29N3O3/c1-26-19-13-15(10-11-17(19)21(27)22(29-2)23(26)28)14-25-18-9-6-12-24-20(18)16-7-4-3-5-8-16/h3-5,7-8,10-11,13,18,20-22,24-25,27H,6,9,12,14H2,1-2H3. The van der Waals surface area contributed by atoms with Gasteiger partial charge in [-0.25, -0.2) is 0 Å². The minimum absolute atomic E-state index is 0.224. The van der Waals surface area contributed by atoms with Crippen molar-refractivity contribution in [2.45, 2.75) is 43.7 Å². The number of fused-ring (bicyclic) bond motifs is 1. The van der Waals surface area contributed by atoms with Crippen LogP contribution < -0.4 is 15.5 Å². The highest BCUT2D eigenvalue weighted by Crippen LogP contribution is 2.35. The lowest BCUT2D eigenvalue weighted by atomic mass is 9.91. The van der Waals surface area contributed by atoms with Gasteiger partial charge in [-0.1, -0.05) is 42.5 Å². The fraction of sp³-hybridized carbons (Fsp3) is 0.435. The van der Waals surface area contributed by atoms with E-state index in [1.54, 1.807) is 11.9 Å². The van der Waals surface area contributed by atoms with Crippen LogP contribution in [0.3, 0.4) is 0 Å². The first-order valence-corrected chi connectivity index (χ1v) is 10.2. The summed E-state index contributed by atoms with van der Waals surface area (Å²) in [7, 11) is 3.18. The van der Waals surface area contributed by atoms with Crippen molar-refractivity contribution in [3.63, 3.8) is 0 Å². The maximum atomic E-state index is 12.5. The van der Waals surface area contributed by atoms with Crippen molar-refractivity contribution >= 4 is 11.6 Å². The van der Waals surface area contributed by atoms with Gasteiger partial charge < -0.3 is 25.4 Å². The predicted molar refractivity (Wildman–Crippen MR) is 113 cm³/mol. The SMILES string of the molecule is COC1C(=O)N(C)c2cc(CNC3CCCNC3c3ccccc3)ccc2C1O. The summed E-state index contributed by atoms with van der Waals surface area (Å²) >= 11 is 0. The van der Waals surface area contributed by atoms with Gasteiger partial charge in [-0.3, -0.25) is 4.79 Å². The van der Waals surface area contributed by atoms with E-state index in [0.717, 1.165) is 36.2 Å². The molecule has 4 atom stereocenters. The number of aliphatic hydroxyl groups excluding tert-OH is 1. The molecule has 3 N–H and O–H groups in total. The van der Waals surface area contributed by atoms with Gasteiger partial charge in [-0.15, -0.1) is 0 Å². The Bertz CT molecular complexity index is 858. The number of methoxy groups -OCH3 is 1. The van der Waals surface area contributed by atoms with Crippen LogP contribution in [0.5, 0.6) is 0 Å². The largest absolute Gasteiger partial charge is 0.385 e. The van der Waals surface area contributed by atoms with Gasteiger partial charge in [0, 0.05) is 44.0 Å². The van der Waals surface area contributed by atoms with Gasteiger partial charge in [0.05, 0.1) is 0 Å². The fourth-order valence-corrected chi connectivity index (χ4v) is 4.45. The highest BCUT2D eigenvalue weighted by atomic mass is 16.5. The number of anilines is 1. The van der Waals surface area contributed by atoms with Gasteiger partial charge in [-0.05, 0) is 36.6 Å². The second-order valence-corrected chi connectivity index (χ2v) is 7.86. The number of nitrogens with one attached hydrogen (secondary N) is 2. The number of nitrogens with zero attached hydrogens (tertiary/aromatic N) is 1. The molecule has 0 aromatic heterocycles. The van der Waals surface area contributed by atoms with Gasteiger partial charge in [0.15, 0.2) is 6.10 Å². The lowest BCUT2D eigenvalue weighted by Crippen LogP contribution is -2.46. The lowest BCUT2D eigenvalue weighted by molar-refractivity contribution is -0.136. The number of ether oxygens (including phenoxy) is 1. The van der Waals surface area contributed by atoms with Crippen LogP contribution in [0.4, 0.5) is 5.69 Å². The maximum absolute atomic E-state index is 12.5. The van der Waals surface area contributed by atoms with Gasteiger partial charge in [-0.2, -0.15) is 0 Å². The number of hydrogen-bond acceptors (Lipinski definition) is 5. The van der Waals surface area contributed by atoms with Crippen LogP contribution >= 0.6 is 0 Å². The number of hydrogen-bond donors (Lipinski definition) is 3. The molecule has 0 saturated carbocycles. The van der Waals surface area contributed by atoms with Crippen molar-refractivity contribution < 1.29 is 14.6 Å². The van der Waals surface area contributed by atoms with E-state index < -0.39 is 12.2 Å². The highest BCUT2D eigenvalue weighted by Gasteiger charge is 2.38. The number of carbonyl (C=O) groups excluding carboxylic acids is 1. The second-order valence-electron chi connectivity index (χ2n) is 7.86. The van der Waals surface area contributed by atoms with Crippen LogP contribution in [0.25, 0.3) is 0 Å². The molecule has 0 radical (unpaired) electrons. The van der Waals surface area contributed by atoms with E-state index in [4.69, 9.17) is 4.74 Å². The number of benzene rings is 2. The number of rotatable bonds is 5. The molecule has 4 unspecified atom stereocenters. The van der Waals surface area contributed by atoms with E-state index in [0.29, 0.717) is 12.6 Å². The van der Waals surface area contributed by atoms with Crippen LogP contribution in [0.1, 0.15) is 41.7 Å². The molecule has 2 aromatic carbocycles. The normalized spacial score (nSPS) is 27.0. The second kappa shape index (κ2) is 8.63. The molecule has 6 heteroatoms. The third-order valence-corrected chi connectivity index (χ3v) is 6.08. The minimum atomic E-state index is -0.939.